The van der Waals surface area contributed by atoms with Crippen LogP contribution in [-0.4, -0.2) is 74.8 Å². The molecule has 11 nitrogen and oxygen atoms in total. The Bertz CT molecular complexity index is 2010. The lowest BCUT2D eigenvalue weighted by atomic mass is 10.1. The van der Waals surface area contributed by atoms with Crippen molar-refractivity contribution >= 4 is 44.2 Å². The molecule has 4 heterocycles. The number of piperazine rings is 1. The Kier molecular flexibility index (Phi) is 7.41. The van der Waals surface area contributed by atoms with Gasteiger partial charge < -0.3 is 14.9 Å². The number of rotatable bonds is 6. The molecule has 4 aromatic rings. The van der Waals surface area contributed by atoms with Crippen LogP contribution in [0.25, 0.3) is 28.0 Å². The number of sulfone groups is 1. The third-order valence-corrected chi connectivity index (χ3v) is 10.4. The molecule has 1 aliphatic heterocycles. The third kappa shape index (κ3) is 4.89. The number of hydrogen-bond donors (Lipinski definition) is 1. The van der Waals surface area contributed by atoms with Crippen molar-refractivity contribution in [2.45, 2.75) is 43.0 Å². The zero-order valence-electron chi connectivity index (χ0n) is 23.9. The van der Waals surface area contributed by atoms with E-state index < -0.39 is 32.3 Å². The number of aromatic hydroxyl groups is 1. The highest BCUT2D eigenvalue weighted by Crippen LogP contribution is 2.40. The number of carbonyl (C=O) groups is 1. The molecule has 14 heteroatoms. The number of hydrogen-bond acceptors (Lipinski definition) is 9. The number of aromatic nitrogens is 4. The molecule has 44 heavy (non-hydrogen) atoms. The number of benzene rings is 1. The molecule has 0 spiro atoms. The van der Waals surface area contributed by atoms with Crippen molar-refractivity contribution in [2.75, 3.05) is 24.5 Å². The van der Waals surface area contributed by atoms with E-state index in [1.54, 1.807) is 17.9 Å². The predicted molar refractivity (Wildman–Crippen MR) is 164 cm³/mol. The lowest BCUT2D eigenvalue weighted by Crippen LogP contribution is -2.54. The van der Waals surface area contributed by atoms with E-state index in [-0.39, 0.29) is 55.8 Å². The molecule has 2 aliphatic rings. The van der Waals surface area contributed by atoms with Gasteiger partial charge in [-0.1, -0.05) is 24.2 Å². The highest BCUT2D eigenvalue weighted by Gasteiger charge is 2.40. The van der Waals surface area contributed by atoms with E-state index in [1.165, 1.54) is 30.5 Å². The largest absolute Gasteiger partial charge is 0.507 e. The van der Waals surface area contributed by atoms with Crippen LogP contribution in [0, 0.1) is 12.7 Å². The summed E-state index contributed by atoms with van der Waals surface area (Å²) in [6, 6.07) is 6.50. The quantitative estimate of drug-likeness (QED) is 0.312. The molecule has 1 aliphatic carbocycles. The van der Waals surface area contributed by atoms with Gasteiger partial charge in [0.25, 0.3) is 0 Å². The van der Waals surface area contributed by atoms with Crippen LogP contribution < -0.4 is 10.6 Å². The van der Waals surface area contributed by atoms with E-state index in [9.17, 15) is 23.1 Å². The number of pyridine rings is 2. The standard InChI is InChI=1S/C30H28ClFN6O5S/c1-4-23(40)36-12-13-37(17(3)15-36)27-19-14-20(31)25(24-21(32)6-5-7-22(24)39)34-28(19)38(30(41)35-27)26-16(2)10-11-33-29(26)44(42,43)18-8-9-18/h4-7,10-11,14,17-18,39H,1,8-9,12-13,15H2,2-3H3/t17-/m0/s1. The molecule has 1 amide bonds. The van der Waals surface area contributed by atoms with Crippen molar-refractivity contribution in [1.29, 1.82) is 0 Å². The highest BCUT2D eigenvalue weighted by atomic mass is 35.5. The fourth-order valence-electron chi connectivity index (χ4n) is 5.59. The second-order valence-corrected chi connectivity index (χ2v) is 13.5. The Morgan fingerprint density at radius 2 is 1.95 bits per heavy atom. The summed E-state index contributed by atoms with van der Waals surface area (Å²) >= 11 is 6.69. The molecule has 228 valence electrons. The lowest BCUT2D eigenvalue weighted by molar-refractivity contribution is -0.126. The second kappa shape index (κ2) is 11.0. The molecule has 2 fully saturated rings. The summed E-state index contributed by atoms with van der Waals surface area (Å²) in [6.07, 6.45) is 3.56. The van der Waals surface area contributed by atoms with Crippen molar-refractivity contribution < 1.29 is 22.7 Å². The molecule has 1 saturated heterocycles. The smallest absolute Gasteiger partial charge is 0.355 e. The first-order chi connectivity index (χ1) is 20.9. The van der Waals surface area contributed by atoms with E-state index in [1.807, 2.05) is 11.8 Å². The molecule has 6 rings (SSSR count). The topological polar surface area (TPSA) is 139 Å². The average molecular weight is 639 g/mol. The number of nitrogens with zero attached hydrogens (tertiary/aromatic N) is 6. The Morgan fingerprint density at radius 1 is 1.20 bits per heavy atom. The molecular formula is C30H28ClFN6O5S. The van der Waals surface area contributed by atoms with Crippen LogP contribution in [0.4, 0.5) is 10.2 Å². The predicted octanol–water partition coefficient (Wildman–Crippen LogP) is 3.81. The van der Waals surface area contributed by atoms with Gasteiger partial charge in [-0.3, -0.25) is 4.79 Å². The highest BCUT2D eigenvalue weighted by molar-refractivity contribution is 7.92. The van der Waals surface area contributed by atoms with Gasteiger partial charge in [0.15, 0.2) is 10.7 Å². The summed E-state index contributed by atoms with van der Waals surface area (Å²) in [7, 11) is -3.90. The van der Waals surface area contributed by atoms with Crippen LogP contribution in [0.1, 0.15) is 25.3 Å². The summed E-state index contributed by atoms with van der Waals surface area (Å²) in [4.78, 5) is 43.0. The fraction of sp³-hybridized carbons (Fsp3) is 0.300. The number of anilines is 1. The average Bonchev–Trinajstić information content (AvgIpc) is 3.84. The lowest BCUT2D eigenvalue weighted by Gasteiger charge is -2.40. The van der Waals surface area contributed by atoms with Crippen LogP contribution in [0.3, 0.4) is 0 Å². The first kappa shape index (κ1) is 29.7. The number of phenols is 1. The Balaban J connectivity index is 1.66. The van der Waals surface area contributed by atoms with Crippen LogP contribution in [0.15, 0.2) is 59.0 Å². The van der Waals surface area contributed by atoms with E-state index in [4.69, 9.17) is 11.6 Å². The zero-order valence-corrected chi connectivity index (χ0v) is 25.4. The van der Waals surface area contributed by atoms with E-state index in [0.29, 0.717) is 38.0 Å². The molecular weight excluding hydrogens is 611 g/mol. The first-order valence-electron chi connectivity index (χ1n) is 13.9. The maximum atomic E-state index is 15.1. The molecule has 1 aromatic carbocycles. The summed E-state index contributed by atoms with van der Waals surface area (Å²) in [5.74, 6) is -1.23. The van der Waals surface area contributed by atoms with Crippen molar-refractivity contribution in [1.82, 2.24) is 24.4 Å². The molecule has 3 aromatic heterocycles. The van der Waals surface area contributed by atoms with Crippen LogP contribution >= 0.6 is 11.6 Å². The monoisotopic (exact) mass is 638 g/mol. The van der Waals surface area contributed by atoms with Gasteiger partial charge >= 0.3 is 5.69 Å². The third-order valence-electron chi connectivity index (χ3n) is 7.96. The van der Waals surface area contributed by atoms with Crippen molar-refractivity contribution in [3.8, 4) is 22.7 Å². The Labute approximate surface area is 257 Å². The van der Waals surface area contributed by atoms with Crippen LogP contribution in [0.5, 0.6) is 5.75 Å². The summed E-state index contributed by atoms with van der Waals surface area (Å²) in [5, 5.41) is 9.92. The summed E-state index contributed by atoms with van der Waals surface area (Å²) < 4.78 is 43.2. The first-order valence-corrected chi connectivity index (χ1v) is 15.9. The summed E-state index contributed by atoms with van der Waals surface area (Å²) in [5.41, 5.74) is -0.915. The van der Waals surface area contributed by atoms with Crippen LogP contribution in [0.2, 0.25) is 5.02 Å². The second-order valence-electron chi connectivity index (χ2n) is 10.9. The Morgan fingerprint density at radius 3 is 2.61 bits per heavy atom. The minimum atomic E-state index is -3.90. The molecule has 0 radical (unpaired) electrons. The van der Waals surface area contributed by atoms with Crippen molar-refractivity contribution in [2.24, 2.45) is 0 Å². The number of phenolic OH excluding ortho intramolecular Hbond substituents is 1. The van der Waals surface area contributed by atoms with Crippen molar-refractivity contribution in [3.63, 3.8) is 0 Å². The Hall–Kier alpha value is -4.36. The molecule has 0 bridgehead atoms. The minimum absolute atomic E-state index is 0.0126. The molecule has 1 atom stereocenters. The van der Waals surface area contributed by atoms with E-state index in [0.717, 1.165) is 10.6 Å². The number of amides is 1. The summed E-state index contributed by atoms with van der Waals surface area (Å²) in [6.45, 7) is 8.03. The van der Waals surface area contributed by atoms with Gasteiger partial charge in [0.2, 0.25) is 15.7 Å². The minimum Gasteiger partial charge on any atom is -0.507 e. The SMILES string of the molecule is C=CC(=O)N1CCN(c2nc(=O)n(-c3c(C)ccnc3S(=O)(=O)C3CC3)c3nc(-c4c(O)cccc4F)c(Cl)cc23)[C@@H](C)C1. The number of carbonyl (C=O) groups excluding carboxylic acids is 1. The van der Waals surface area contributed by atoms with Gasteiger partial charge in [-0.05, 0) is 62.6 Å². The van der Waals surface area contributed by atoms with Gasteiger partial charge in [-0.25, -0.2) is 32.1 Å². The normalized spacial score (nSPS) is 17.2. The van der Waals surface area contributed by atoms with Crippen molar-refractivity contribution in [3.05, 3.63) is 76.1 Å². The fourth-order valence-corrected chi connectivity index (χ4v) is 7.64. The number of halogens is 2. The van der Waals surface area contributed by atoms with Gasteiger partial charge in [-0.15, -0.1) is 0 Å². The molecule has 0 unspecified atom stereocenters. The maximum absolute atomic E-state index is 15.1. The van der Waals surface area contributed by atoms with Gasteiger partial charge in [0.05, 0.1) is 32.6 Å². The van der Waals surface area contributed by atoms with Gasteiger partial charge in [0.1, 0.15) is 17.4 Å². The van der Waals surface area contributed by atoms with Gasteiger partial charge in [-0.2, -0.15) is 4.98 Å². The van der Waals surface area contributed by atoms with E-state index in [2.05, 4.69) is 21.5 Å². The number of fused-ring (bicyclic) bond motifs is 1. The van der Waals surface area contributed by atoms with Gasteiger partial charge in [0, 0.05) is 31.9 Å². The number of aryl methyl sites for hydroxylation is 1. The molecule has 1 saturated carbocycles. The maximum Gasteiger partial charge on any atom is 0.355 e. The molecule has 1 N–H and O–H groups in total. The van der Waals surface area contributed by atoms with E-state index >= 15 is 4.39 Å². The van der Waals surface area contributed by atoms with Crippen LogP contribution in [-0.2, 0) is 14.6 Å². The zero-order chi connectivity index (χ0) is 31.5.